The summed E-state index contributed by atoms with van der Waals surface area (Å²) in [5.41, 5.74) is 1.24. The van der Waals surface area contributed by atoms with E-state index in [1.807, 2.05) is 31.2 Å². The summed E-state index contributed by atoms with van der Waals surface area (Å²) in [6, 6.07) is 6.85. The first-order valence-electron chi connectivity index (χ1n) is 9.25. The Morgan fingerprint density at radius 2 is 2.28 bits per heavy atom. The van der Waals surface area contributed by atoms with Gasteiger partial charge in [-0.1, -0.05) is 12.1 Å². The SMILES string of the molecule is CCOc1cccc2cc(-c3csc(NC(=O)C4CCCN4S(C)(=O)=O)n3)oc12. The zero-order valence-corrected chi connectivity index (χ0v) is 17.7. The number of sulfonamides is 1. The van der Waals surface area contributed by atoms with E-state index in [2.05, 4.69) is 10.3 Å². The zero-order valence-electron chi connectivity index (χ0n) is 16.0. The fraction of sp³-hybridized carbons (Fsp3) is 0.368. The first-order chi connectivity index (χ1) is 13.9. The molecule has 1 aliphatic heterocycles. The number of ether oxygens (including phenoxy) is 1. The van der Waals surface area contributed by atoms with Crippen LogP contribution in [0.25, 0.3) is 22.4 Å². The Bertz CT molecular complexity index is 1150. The number of fused-ring (bicyclic) bond motifs is 1. The van der Waals surface area contributed by atoms with E-state index in [1.165, 1.54) is 15.6 Å². The zero-order chi connectivity index (χ0) is 20.6. The van der Waals surface area contributed by atoms with Crippen LogP contribution in [0.2, 0.25) is 0 Å². The maximum atomic E-state index is 12.6. The number of benzene rings is 1. The Labute approximate surface area is 172 Å². The minimum absolute atomic E-state index is 0.362. The lowest BCUT2D eigenvalue weighted by Crippen LogP contribution is -2.42. The van der Waals surface area contributed by atoms with Crippen molar-refractivity contribution in [1.82, 2.24) is 9.29 Å². The highest BCUT2D eigenvalue weighted by atomic mass is 32.2. The van der Waals surface area contributed by atoms with Crippen molar-refractivity contribution >= 4 is 43.4 Å². The molecule has 1 fully saturated rings. The van der Waals surface area contributed by atoms with Gasteiger partial charge in [0.05, 0.1) is 12.9 Å². The number of hydrogen-bond acceptors (Lipinski definition) is 7. The highest BCUT2D eigenvalue weighted by Gasteiger charge is 2.36. The van der Waals surface area contributed by atoms with Gasteiger partial charge in [0.25, 0.3) is 0 Å². The van der Waals surface area contributed by atoms with Crippen LogP contribution in [0.1, 0.15) is 19.8 Å². The second kappa shape index (κ2) is 7.77. The van der Waals surface area contributed by atoms with Crippen molar-refractivity contribution in [3.63, 3.8) is 0 Å². The fourth-order valence-corrected chi connectivity index (χ4v) is 5.29. The number of amides is 1. The summed E-state index contributed by atoms with van der Waals surface area (Å²) in [7, 11) is -3.42. The lowest BCUT2D eigenvalue weighted by atomic mass is 10.2. The molecule has 1 atom stereocenters. The molecule has 10 heteroatoms. The van der Waals surface area contributed by atoms with Crippen LogP contribution >= 0.6 is 11.3 Å². The van der Waals surface area contributed by atoms with Crippen molar-refractivity contribution in [2.45, 2.75) is 25.8 Å². The van der Waals surface area contributed by atoms with E-state index < -0.39 is 16.1 Å². The van der Waals surface area contributed by atoms with Crippen molar-refractivity contribution < 1.29 is 22.4 Å². The van der Waals surface area contributed by atoms with E-state index in [4.69, 9.17) is 9.15 Å². The van der Waals surface area contributed by atoms with E-state index in [9.17, 15) is 13.2 Å². The number of para-hydroxylation sites is 1. The van der Waals surface area contributed by atoms with Crippen LogP contribution in [-0.2, 0) is 14.8 Å². The molecule has 1 amide bonds. The van der Waals surface area contributed by atoms with Crippen LogP contribution < -0.4 is 10.1 Å². The van der Waals surface area contributed by atoms with Crippen molar-refractivity contribution in [2.24, 2.45) is 0 Å². The Kier molecular flexibility index (Phi) is 5.32. The van der Waals surface area contributed by atoms with Crippen molar-refractivity contribution in [3.8, 4) is 17.2 Å². The van der Waals surface area contributed by atoms with Gasteiger partial charge in [0.1, 0.15) is 11.7 Å². The number of carbonyl (C=O) groups excluding carboxylic acids is 1. The molecule has 2 aromatic heterocycles. The molecular weight excluding hydrogens is 414 g/mol. The van der Waals surface area contributed by atoms with Crippen LogP contribution in [0, 0.1) is 0 Å². The van der Waals surface area contributed by atoms with Crippen LogP contribution in [0.5, 0.6) is 5.75 Å². The molecule has 1 N–H and O–H groups in total. The minimum Gasteiger partial charge on any atom is -0.490 e. The average molecular weight is 436 g/mol. The van der Waals surface area contributed by atoms with Crippen LogP contribution in [0.4, 0.5) is 5.13 Å². The number of carbonyl (C=O) groups is 1. The van der Waals surface area contributed by atoms with E-state index in [0.717, 1.165) is 11.6 Å². The van der Waals surface area contributed by atoms with Gasteiger partial charge in [0, 0.05) is 17.3 Å². The summed E-state index contributed by atoms with van der Waals surface area (Å²) >= 11 is 1.26. The number of thiazole rings is 1. The molecule has 3 heterocycles. The third-order valence-electron chi connectivity index (χ3n) is 4.73. The fourth-order valence-electron chi connectivity index (χ4n) is 3.46. The number of nitrogens with zero attached hydrogens (tertiary/aromatic N) is 2. The van der Waals surface area contributed by atoms with E-state index in [0.29, 0.717) is 53.9 Å². The van der Waals surface area contributed by atoms with Gasteiger partial charge in [-0.2, -0.15) is 4.31 Å². The predicted molar refractivity (Wildman–Crippen MR) is 112 cm³/mol. The van der Waals surface area contributed by atoms with Gasteiger partial charge in [-0.05, 0) is 31.9 Å². The predicted octanol–water partition coefficient (Wildman–Crippen LogP) is 3.32. The van der Waals surface area contributed by atoms with Gasteiger partial charge < -0.3 is 14.5 Å². The Morgan fingerprint density at radius 3 is 3.03 bits per heavy atom. The second-order valence-corrected chi connectivity index (χ2v) is 9.57. The van der Waals surface area contributed by atoms with Gasteiger partial charge >= 0.3 is 0 Å². The highest BCUT2D eigenvalue weighted by molar-refractivity contribution is 7.88. The lowest BCUT2D eigenvalue weighted by molar-refractivity contribution is -0.119. The van der Waals surface area contributed by atoms with Gasteiger partial charge in [-0.25, -0.2) is 13.4 Å². The Hall–Kier alpha value is -2.43. The highest BCUT2D eigenvalue weighted by Crippen LogP contribution is 2.34. The molecule has 1 aliphatic rings. The van der Waals surface area contributed by atoms with Crippen LogP contribution in [0.15, 0.2) is 34.1 Å². The number of rotatable bonds is 6. The molecule has 3 aromatic rings. The average Bonchev–Trinajstić information content (AvgIpc) is 3.40. The van der Waals surface area contributed by atoms with Gasteiger partial charge in [0.2, 0.25) is 15.9 Å². The minimum atomic E-state index is -3.42. The number of hydrogen-bond donors (Lipinski definition) is 1. The molecule has 154 valence electrons. The van der Waals surface area contributed by atoms with Crippen molar-refractivity contribution in [2.75, 3.05) is 24.7 Å². The summed E-state index contributed by atoms with van der Waals surface area (Å²) in [6.07, 6.45) is 2.29. The monoisotopic (exact) mass is 435 g/mol. The van der Waals surface area contributed by atoms with Gasteiger partial charge in [0.15, 0.2) is 22.2 Å². The largest absolute Gasteiger partial charge is 0.490 e. The molecule has 0 spiro atoms. The van der Waals surface area contributed by atoms with Gasteiger partial charge in [-0.15, -0.1) is 11.3 Å². The number of anilines is 1. The summed E-state index contributed by atoms with van der Waals surface area (Å²) in [4.78, 5) is 17.0. The summed E-state index contributed by atoms with van der Waals surface area (Å²) in [5.74, 6) is 0.877. The molecule has 29 heavy (non-hydrogen) atoms. The number of nitrogens with one attached hydrogen (secondary N) is 1. The van der Waals surface area contributed by atoms with Crippen LogP contribution in [-0.4, -0.2) is 49.1 Å². The number of aromatic nitrogens is 1. The topological polar surface area (TPSA) is 102 Å². The molecule has 1 aromatic carbocycles. The first kappa shape index (κ1) is 19.9. The van der Waals surface area contributed by atoms with Crippen molar-refractivity contribution in [3.05, 3.63) is 29.6 Å². The normalized spacial score (nSPS) is 17.7. The number of furan rings is 1. The van der Waals surface area contributed by atoms with Crippen LogP contribution in [0.3, 0.4) is 0 Å². The molecule has 0 saturated carbocycles. The van der Waals surface area contributed by atoms with Crippen molar-refractivity contribution in [1.29, 1.82) is 0 Å². The van der Waals surface area contributed by atoms with E-state index in [-0.39, 0.29) is 5.91 Å². The van der Waals surface area contributed by atoms with E-state index >= 15 is 0 Å². The molecule has 1 saturated heterocycles. The first-order valence-corrected chi connectivity index (χ1v) is 12.0. The van der Waals surface area contributed by atoms with Gasteiger partial charge in [-0.3, -0.25) is 4.79 Å². The molecule has 0 bridgehead atoms. The van der Waals surface area contributed by atoms with E-state index in [1.54, 1.807) is 5.38 Å². The third-order valence-corrected chi connectivity index (χ3v) is 6.77. The Balaban J connectivity index is 1.54. The Morgan fingerprint density at radius 1 is 1.45 bits per heavy atom. The summed E-state index contributed by atoms with van der Waals surface area (Å²) < 4.78 is 36.5. The molecule has 8 nitrogen and oxygen atoms in total. The molecule has 0 aliphatic carbocycles. The second-order valence-electron chi connectivity index (χ2n) is 6.78. The summed E-state index contributed by atoms with van der Waals surface area (Å²) in [6.45, 7) is 2.81. The maximum absolute atomic E-state index is 12.6. The molecule has 4 rings (SSSR count). The molecule has 0 radical (unpaired) electrons. The standard InChI is InChI=1S/C19H21N3O5S2/c1-3-26-15-8-4-6-12-10-16(27-17(12)15)13-11-28-19(20-13)21-18(23)14-7-5-9-22(14)29(2,24)25/h4,6,8,10-11,14H,3,5,7,9H2,1-2H3,(H,20,21,23). The maximum Gasteiger partial charge on any atom is 0.244 e. The smallest absolute Gasteiger partial charge is 0.244 e. The summed E-state index contributed by atoms with van der Waals surface area (Å²) in [5, 5.41) is 5.83. The quantitative estimate of drug-likeness (QED) is 0.637. The molecule has 1 unspecified atom stereocenters. The molecular formula is C19H21N3O5S2. The third kappa shape index (κ3) is 4.00. The lowest BCUT2D eigenvalue weighted by Gasteiger charge is -2.20.